The molecule has 0 spiro atoms. The van der Waals surface area contributed by atoms with E-state index in [1.165, 1.54) is 31.4 Å². The summed E-state index contributed by atoms with van der Waals surface area (Å²) < 4.78 is 49.4. The first-order valence-electron chi connectivity index (χ1n) is 9.77. The number of hydrogen-bond acceptors (Lipinski definition) is 5. The molecule has 1 aliphatic carbocycles. The van der Waals surface area contributed by atoms with E-state index in [1.54, 1.807) is 18.2 Å². The largest absolute Gasteiger partial charge is 0.497 e. The number of halogens is 3. The van der Waals surface area contributed by atoms with Crippen molar-refractivity contribution in [1.29, 1.82) is 5.26 Å². The van der Waals surface area contributed by atoms with Crippen LogP contribution < -0.4 is 20.1 Å². The summed E-state index contributed by atoms with van der Waals surface area (Å²) in [6, 6.07) is 11.6. The van der Waals surface area contributed by atoms with Gasteiger partial charge in [0, 0.05) is 12.6 Å². The number of amides is 2. The summed E-state index contributed by atoms with van der Waals surface area (Å²) in [6.45, 7) is 0.0892. The van der Waals surface area contributed by atoms with E-state index in [0.29, 0.717) is 11.6 Å². The molecular weight excluding hydrogens is 443 g/mol. The molecule has 0 heterocycles. The Bertz CT molecular complexity index is 1000. The summed E-state index contributed by atoms with van der Waals surface area (Å²) in [4.78, 5) is 21.0. The number of benzene rings is 2. The van der Waals surface area contributed by atoms with Gasteiger partial charge in [0.15, 0.2) is 0 Å². The molecule has 0 saturated heterocycles. The quantitative estimate of drug-likeness (QED) is 0.556. The number of hydrogen-bond donors (Lipinski definition) is 3. The number of nitriles is 1. The summed E-state index contributed by atoms with van der Waals surface area (Å²) in [5, 5.41) is 21.5. The Morgan fingerprint density at radius 1 is 1.15 bits per heavy atom. The Kier molecular flexibility index (Phi) is 8.91. The summed E-state index contributed by atoms with van der Waals surface area (Å²) in [6.07, 6.45) is -3.59. The third kappa shape index (κ3) is 8.98. The first kappa shape index (κ1) is 25.3. The highest BCUT2D eigenvalue weighted by atomic mass is 19.4. The van der Waals surface area contributed by atoms with Crippen LogP contribution in [-0.2, 0) is 17.5 Å². The van der Waals surface area contributed by atoms with E-state index < -0.39 is 17.8 Å². The highest BCUT2D eigenvalue weighted by Gasteiger charge is 2.35. The fourth-order valence-corrected chi connectivity index (χ4v) is 2.50. The molecule has 11 heteroatoms. The van der Waals surface area contributed by atoms with Gasteiger partial charge in [-0.1, -0.05) is 12.1 Å². The lowest BCUT2D eigenvalue weighted by molar-refractivity contribution is -0.138. The molecular formula is C22H22F3N3O5. The van der Waals surface area contributed by atoms with Gasteiger partial charge in [0.1, 0.15) is 29.2 Å². The first-order valence-corrected chi connectivity index (χ1v) is 9.77. The van der Waals surface area contributed by atoms with E-state index in [9.17, 15) is 22.8 Å². The van der Waals surface area contributed by atoms with Crippen LogP contribution in [0.15, 0.2) is 42.5 Å². The minimum Gasteiger partial charge on any atom is -0.497 e. The van der Waals surface area contributed by atoms with Crippen molar-refractivity contribution in [3.63, 3.8) is 0 Å². The van der Waals surface area contributed by atoms with Crippen molar-refractivity contribution >= 4 is 12.0 Å². The van der Waals surface area contributed by atoms with Crippen molar-refractivity contribution in [2.45, 2.75) is 38.0 Å². The summed E-state index contributed by atoms with van der Waals surface area (Å²) >= 11 is 0. The monoisotopic (exact) mass is 465 g/mol. The lowest BCUT2D eigenvalue weighted by atomic mass is 10.1. The molecule has 8 nitrogen and oxygen atoms in total. The molecule has 0 aromatic heterocycles. The lowest BCUT2D eigenvalue weighted by Crippen LogP contribution is -2.24. The van der Waals surface area contributed by atoms with Gasteiger partial charge in [0.2, 0.25) is 5.91 Å². The second-order valence-electron chi connectivity index (χ2n) is 6.94. The van der Waals surface area contributed by atoms with E-state index in [0.717, 1.165) is 18.9 Å². The second kappa shape index (κ2) is 11.6. The number of carboxylic acid groups (broad SMARTS) is 1. The maximum atomic E-state index is 13.1. The minimum atomic E-state index is -4.59. The molecule has 3 N–H and O–H groups in total. The van der Waals surface area contributed by atoms with Crippen molar-refractivity contribution in [2.24, 2.45) is 0 Å². The van der Waals surface area contributed by atoms with E-state index >= 15 is 0 Å². The number of nitrogens with zero attached hydrogens (tertiary/aromatic N) is 1. The molecule has 0 aliphatic heterocycles. The van der Waals surface area contributed by atoms with Crippen LogP contribution in [0.1, 0.15) is 30.4 Å². The van der Waals surface area contributed by atoms with E-state index in [2.05, 4.69) is 10.6 Å². The number of rotatable bonds is 7. The average molecular weight is 465 g/mol. The topological polar surface area (TPSA) is 121 Å². The molecule has 1 aliphatic rings. The number of carbonyl (C=O) groups excluding carboxylic acids is 1. The van der Waals surface area contributed by atoms with Crippen molar-refractivity contribution < 1.29 is 37.3 Å². The molecule has 1 fully saturated rings. The van der Waals surface area contributed by atoms with Gasteiger partial charge in [-0.15, -0.1) is 0 Å². The Morgan fingerprint density at radius 2 is 1.79 bits per heavy atom. The zero-order valence-corrected chi connectivity index (χ0v) is 17.6. The minimum absolute atomic E-state index is 0.00347. The van der Waals surface area contributed by atoms with E-state index in [4.69, 9.17) is 19.8 Å². The Hall–Kier alpha value is -3.94. The Morgan fingerprint density at radius 3 is 2.30 bits per heavy atom. The number of methoxy groups -OCH3 is 1. The van der Waals surface area contributed by atoms with Gasteiger partial charge in [0.25, 0.3) is 0 Å². The van der Waals surface area contributed by atoms with Gasteiger partial charge >= 0.3 is 12.3 Å². The average Bonchev–Trinajstić information content (AvgIpc) is 3.57. The lowest BCUT2D eigenvalue weighted by Gasteiger charge is -2.15. The van der Waals surface area contributed by atoms with Crippen LogP contribution in [0.2, 0.25) is 0 Å². The van der Waals surface area contributed by atoms with Crippen LogP contribution in [0.3, 0.4) is 0 Å². The summed E-state index contributed by atoms with van der Waals surface area (Å²) in [5.74, 6) is -0.214. The van der Waals surface area contributed by atoms with Crippen molar-refractivity contribution in [1.82, 2.24) is 10.6 Å². The maximum Gasteiger partial charge on any atom is 0.420 e. The molecule has 2 aromatic rings. The molecule has 1 saturated carbocycles. The van der Waals surface area contributed by atoms with Gasteiger partial charge in [-0.05, 0) is 48.7 Å². The van der Waals surface area contributed by atoms with Crippen LogP contribution in [0.25, 0.3) is 0 Å². The normalized spacial score (nSPS) is 12.5. The fourth-order valence-electron chi connectivity index (χ4n) is 2.50. The zero-order valence-electron chi connectivity index (χ0n) is 17.6. The standard InChI is InChI=1S/C16H14F3NO4.C6H8N2O/c1-23-12-6-7-14(13(8-12)16(17,18)19)24-11-4-2-10(3-5-11)9-20-15(21)22;7-4-3-6(9)8-5-1-2-5/h2-8,20H,9H2,1H3,(H,21,22);5H,1-3H2,(H,8,9). The van der Waals surface area contributed by atoms with E-state index in [-0.39, 0.29) is 36.1 Å². The molecule has 33 heavy (non-hydrogen) atoms. The third-order valence-electron chi connectivity index (χ3n) is 4.27. The number of carbonyl (C=O) groups is 2. The molecule has 0 atom stereocenters. The Labute approximate surface area is 187 Å². The number of ether oxygens (including phenoxy) is 2. The molecule has 0 unspecified atom stereocenters. The van der Waals surface area contributed by atoms with Gasteiger partial charge in [-0.3, -0.25) is 4.79 Å². The molecule has 176 valence electrons. The Balaban J connectivity index is 0.000000357. The molecule has 3 rings (SSSR count). The van der Waals surface area contributed by atoms with Crippen LogP contribution in [0.5, 0.6) is 17.2 Å². The van der Waals surface area contributed by atoms with Gasteiger partial charge in [-0.25, -0.2) is 4.79 Å². The number of alkyl halides is 3. The number of nitrogens with one attached hydrogen (secondary N) is 2. The third-order valence-corrected chi connectivity index (χ3v) is 4.27. The molecule has 0 bridgehead atoms. The summed E-state index contributed by atoms with van der Waals surface area (Å²) in [5.41, 5.74) is -0.297. The van der Waals surface area contributed by atoms with Gasteiger partial charge in [-0.2, -0.15) is 18.4 Å². The first-order chi connectivity index (χ1) is 15.6. The smallest absolute Gasteiger partial charge is 0.420 e. The van der Waals surface area contributed by atoms with Crippen molar-refractivity contribution in [2.75, 3.05) is 7.11 Å². The maximum absolute atomic E-state index is 13.1. The zero-order chi connectivity index (χ0) is 24.4. The van der Waals surface area contributed by atoms with Gasteiger partial charge in [0.05, 0.1) is 13.2 Å². The van der Waals surface area contributed by atoms with Crippen molar-refractivity contribution in [3.05, 3.63) is 53.6 Å². The van der Waals surface area contributed by atoms with Crippen LogP contribution in [-0.4, -0.2) is 30.3 Å². The van der Waals surface area contributed by atoms with E-state index in [1.807, 2.05) is 0 Å². The van der Waals surface area contributed by atoms with Crippen LogP contribution >= 0.6 is 0 Å². The van der Waals surface area contributed by atoms with Crippen LogP contribution in [0.4, 0.5) is 18.0 Å². The highest BCUT2D eigenvalue weighted by Crippen LogP contribution is 2.40. The summed E-state index contributed by atoms with van der Waals surface area (Å²) in [7, 11) is 1.28. The molecule has 2 amide bonds. The predicted octanol–water partition coefficient (Wildman–Crippen LogP) is 4.45. The predicted molar refractivity (Wildman–Crippen MR) is 111 cm³/mol. The van der Waals surface area contributed by atoms with Gasteiger partial charge < -0.3 is 25.2 Å². The highest BCUT2D eigenvalue weighted by molar-refractivity contribution is 5.78. The van der Waals surface area contributed by atoms with Crippen LogP contribution in [0, 0.1) is 11.3 Å². The second-order valence-corrected chi connectivity index (χ2v) is 6.94. The molecule has 2 aromatic carbocycles. The molecule has 0 radical (unpaired) electrons. The SMILES string of the molecule is COc1ccc(Oc2ccc(CNC(=O)O)cc2)c(C(F)(F)F)c1.N#CCC(=O)NC1CC1. The van der Waals surface area contributed by atoms with Crippen molar-refractivity contribution in [3.8, 4) is 23.3 Å². The fraction of sp³-hybridized carbons (Fsp3) is 0.318.